The Balaban J connectivity index is 2.76. The number of nitrogens with zero attached hydrogens (tertiary/aromatic N) is 2. The number of carbonyl (C=O) groups excluding carboxylic acids is 1. The zero-order chi connectivity index (χ0) is 10.1. The van der Waals surface area contributed by atoms with Crippen LogP contribution in [0.1, 0.15) is 20.8 Å². The summed E-state index contributed by atoms with van der Waals surface area (Å²) >= 11 is 2.02. The van der Waals surface area contributed by atoms with E-state index in [4.69, 9.17) is 4.74 Å². The third kappa shape index (κ3) is 2.98. The molecular weight excluding hydrogens is 283 g/mol. The van der Waals surface area contributed by atoms with Crippen LogP contribution in [0.25, 0.3) is 0 Å². The van der Waals surface area contributed by atoms with E-state index in [1.807, 2.05) is 43.4 Å². The highest BCUT2D eigenvalue weighted by Gasteiger charge is 2.18. The molecule has 0 aromatic carbocycles. The first-order valence-electron chi connectivity index (χ1n) is 3.81. The van der Waals surface area contributed by atoms with E-state index in [1.54, 1.807) is 6.20 Å². The van der Waals surface area contributed by atoms with Crippen molar-refractivity contribution in [3.05, 3.63) is 16.2 Å². The van der Waals surface area contributed by atoms with Crippen LogP contribution in [-0.4, -0.2) is 21.2 Å². The lowest BCUT2D eigenvalue weighted by molar-refractivity contribution is 0.0532. The van der Waals surface area contributed by atoms with Crippen molar-refractivity contribution < 1.29 is 9.53 Å². The van der Waals surface area contributed by atoms with Crippen LogP contribution in [0.15, 0.2) is 12.5 Å². The summed E-state index contributed by atoms with van der Waals surface area (Å²) in [5.74, 6) is 0. The molecule has 0 atom stereocenters. The highest BCUT2D eigenvalue weighted by atomic mass is 127. The molecule has 0 saturated carbocycles. The maximum Gasteiger partial charge on any atom is 0.420 e. The lowest BCUT2D eigenvalue weighted by atomic mass is 10.2. The van der Waals surface area contributed by atoms with Gasteiger partial charge in [0.25, 0.3) is 0 Å². The second-order valence-corrected chi connectivity index (χ2v) is 4.67. The van der Waals surface area contributed by atoms with Gasteiger partial charge in [-0.2, -0.15) is 0 Å². The highest BCUT2D eigenvalue weighted by molar-refractivity contribution is 14.1. The average molecular weight is 294 g/mol. The van der Waals surface area contributed by atoms with Gasteiger partial charge in [-0.15, -0.1) is 0 Å². The summed E-state index contributed by atoms with van der Waals surface area (Å²) in [6.07, 6.45) is 2.65. The lowest BCUT2D eigenvalue weighted by Crippen LogP contribution is -2.27. The zero-order valence-electron chi connectivity index (χ0n) is 7.74. The molecule has 1 aromatic heterocycles. The van der Waals surface area contributed by atoms with Crippen molar-refractivity contribution in [3.63, 3.8) is 0 Å². The Kier molecular flexibility index (Phi) is 2.94. The zero-order valence-corrected chi connectivity index (χ0v) is 9.90. The molecule has 72 valence electrons. The number of hydrogen-bond donors (Lipinski definition) is 0. The van der Waals surface area contributed by atoms with Crippen LogP contribution in [0, 0.1) is 3.70 Å². The number of aromatic nitrogens is 2. The third-order valence-corrected chi connectivity index (χ3v) is 1.98. The quantitative estimate of drug-likeness (QED) is 0.689. The Morgan fingerprint density at radius 2 is 2.23 bits per heavy atom. The predicted molar refractivity (Wildman–Crippen MR) is 56.6 cm³/mol. The first-order chi connectivity index (χ1) is 5.90. The van der Waals surface area contributed by atoms with Gasteiger partial charge in [-0.3, -0.25) is 0 Å². The number of imidazole rings is 1. The third-order valence-electron chi connectivity index (χ3n) is 1.18. The van der Waals surface area contributed by atoms with Gasteiger partial charge >= 0.3 is 6.09 Å². The first-order valence-corrected chi connectivity index (χ1v) is 4.89. The molecule has 1 rings (SSSR count). The van der Waals surface area contributed by atoms with Crippen LogP contribution in [0.5, 0.6) is 0 Å². The molecule has 0 spiro atoms. The molecule has 0 aliphatic carbocycles. The van der Waals surface area contributed by atoms with E-state index in [2.05, 4.69) is 4.98 Å². The summed E-state index contributed by atoms with van der Waals surface area (Å²) in [6.45, 7) is 5.48. The van der Waals surface area contributed by atoms with Crippen molar-refractivity contribution >= 4 is 28.7 Å². The lowest BCUT2D eigenvalue weighted by Gasteiger charge is -2.19. The molecule has 5 heteroatoms. The molecule has 0 aliphatic rings. The maximum atomic E-state index is 11.4. The largest absolute Gasteiger partial charge is 0.443 e. The van der Waals surface area contributed by atoms with E-state index in [1.165, 1.54) is 10.9 Å². The Hall–Kier alpha value is -0.590. The minimum atomic E-state index is -0.468. The van der Waals surface area contributed by atoms with E-state index < -0.39 is 11.7 Å². The average Bonchev–Trinajstić information content (AvgIpc) is 2.30. The number of halogens is 1. The monoisotopic (exact) mass is 294 g/mol. The van der Waals surface area contributed by atoms with Gasteiger partial charge < -0.3 is 4.74 Å². The highest BCUT2D eigenvalue weighted by Crippen LogP contribution is 2.11. The summed E-state index contributed by atoms with van der Waals surface area (Å²) in [4.78, 5) is 15.3. The van der Waals surface area contributed by atoms with E-state index in [9.17, 15) is 4.79 Å². The topological polar surface area (TPSA) is 44.1 Å². The number of hydrogen-bond acceptors (Lipinski definition) is 3. The van der Waals surface area contributed by atoms with E-state index >= 15 is 0 Å². The van der Waals surface area contributed by atoms with Crippen molar-refractivity contribution in [2.75, 3.05) is 0 Å². The van der Waals surface area contributed by atoms with E-state index in [-0.39, 0.29) is 0 Å². The molecule has 1 heterocycles. The predicted octanol–water partition coefficient (Wildman–Crippen LogP) is 2.27. The Bertz CT molecular complexity index is 314. The molecule has 0 fully saturated rings. The molecule has 0 N–H and O–H groups in total. The molecule has 13 heavy (non-hydrogen) atoms. The number of rotatable bonds is 0. The standard InChI is InChI=1S/C8H11IN2O2/c1-8(2,3)13-7(12)11-5-10-4-6(11)9/h4-5H,1-3H3. The summed E-state index contributed by atoms with van der Waals surface area (Å²) in [6, 6.07) is 0. The molecule has 0 unspecified atom stereocenters. The van der Waals surface area contributed by atoms with Gasteiger partial charge in [0.15, 0.2) is 0 Å². The van der Waals surface area contributed by atoms with Crippen molar-refractivity contribution in [1.29, 1.82) is 0 Å². The molecular formula is C8H11IN2O2. The molecule has 0 bridgehead atoms. The van der Waals surface area contributed by atoms with Crippen LogP contribution < -0.4 is 0 Å². The SMILES string of the molecule is CC(C)(C)OC(=O)n1cncc1I. The van der Waals surface area contributed by atoms with Crippen LogP contribution in [0.3, 0.4) is 0 Å². The molecule has 0 saturated heterocycles. The minimum Gasteiger partial charge on any atom is -0.443 e. The van der Waals surface area contributed by atoms with Gasteiger partial charge in [-0.25, -0.2) is 14.3 Å². The minimum absolute atomic E-state index is 0.394. The summed E-state index contributed by atoms with van der Waals surface area (Å²) < 4.78 is 7.25. The fourth-order valence-corrected chi connectivity index (χ4v) is 1.21. The number of carbonyl (C=O) groups is 1. The second-order valence-electron chi connectivity index (χ2n) is 3.57. The van der Waals surface area contributed by atoms with Crippen LogP contribution >= 0.6 is 22.6 Å². The summed E-state index contributed by atoms with van der Waals surface area (Å²) in [5.41, 5.74) is -0.468. The van der Waals surface area contributed by atoms with Crippen LogP contribution in [-0.2, 0) is 4.74 Å². The Morgan fingerprint density at radius 1 is 1.62 bits per heavy atom. The van der Waals surface area contributed by atoms with Crippen molar-refractivity contribution in [2.24, 2.45) is 0 Å². The van der Waals surface area contributed by atoms with Gasteiger partial charge in [-0.1, -0.05) is 0 Å². The van der Waals surface area contributed by atoms with Gasteiger partial charge in [0, 0.05) is 0 Å². The molecule has 0 amide bonds. The molecule has 0 aliphatic heterocycles. The summed E-state index contributed by atoms with van der Waals surface area (Å²) in [7, 11) is 0. The fraction of sp³-hybridized carbons (Fsp3) is 0.500. The normalized spacial score (nSPS) is 11.4. The number of ether oxygens (including phenoxy) is 1. The Morgan fingerprint density at radius 3 is 2.62 bits per heavy atom. The van der Waals surface area contributed by atoms with Gasteiger partial charge in [-0.05, 0) is 43.4 Å². The van der Waals surface area contributed by atoms with E-state index in [0.717, 1.165) is 3.70 Å². The maximum absolute atomic E-state index is 11.4. The smallest absolute Gasteiger partial charge is 0.420 e. The Labute approximate surface area is 90.4 Å². The molecule has 1 aromatic rings. The molecule has 0 radical (unpaired) electrons. The van der Waals surface area contributed by atoms with Crippen molar-refractivity contribution in [3.8, 4) is 0 Å². The van der Waals surface area contributed by atoms with Crippen molar-refractivity contribution in [2.45, 2.75) is 26.4 Å². The van der Waals surface area contributed by atoms with Crippen molar-refractivity contribution in [1.82, 2.24) is 9.55 Å². The van der Waals surface area contributed by atoms with Gasteiger partial charge in [0.2, 0.25) is 0 Å². The van der Waals surface area contributed by atoms with Crippen LogP contribution in [0.4, 0.5) is 4.79 Å². The first kappa shape index (κ1) is 10.5. The van der Waals surface area contributed by atoms with Gasteiger partial charge in [0.1, 0.15) is 15.6 Å². The summed E-state index contributed by atoms with van der Waals surface area (Å²) in [5, 5.41) is 0. The van der Waals surface area contributed by atoms with Crippen LogP contribution in [0.2, 0.25) is 0 Å². The van der Waals surface area contributed by atoms with E-state index in [0.29, 0.717) is 0 Å². The van der Waals surface area contributed by atoms with Gasteiger partial charge in [0.05, 0.1) is 6.20 Å². The second kappa shape index (κ2) is 3.65. The fourth-order valence-electron chi connectivity index (χ4n) is 0.724. The molecule has 4 nitrogen and oxygen atoms in total.